The molecular weight excluding hydrogens is 144 g/mol. The second-order valence-corrected chi connectivity index (χ2v) is 2.37. The number of rotatable bonds is 2. The van der Waals surface area contributed by atoms with E-state index in [2.05, 4.69) is 0 Å². The summed E-state index contributed by atoms with van der Waals surface area (Å²) in [6.07, 6.45) is -3.83. The number of carboxylic acid groups (broad SMARTS) is 1. The fraction of sp³-hybridized carbons (Fsp3) is 0.800. The van der Waals surface area contributed by atoms with Crippen molar-refractivity contribution in [3.8, 4) is 0 Å². The topological polar surface area (TPSA) is 52.2 Å². The van der Waals surface area contributed by atoms with Crippen LogP contribution in [0.15, 0.2) is 0 Å². The average Bonchev–Trinajstić information content (AvgIpc) is 2.46. The predicted molar refractivity (Wildman–Crippen MR) is 26.5 cm³/mol. The zero-order valence-electron chi connectivity index (χ0n) is 5.06. The lowest BCUT2D eigenvalue weighted by Gasteiger charge is -2.17. The number of nitrogens with one attached hydrogen (secondary N) is 1. The van der Waals surface area contributed by atoms with Crippen LogP contribution in [0.4, 0.5) is 13.6 Å². The quantitative estimate of drug-likeness (QED) is 0.588. The molecule has 0 aromatic rings. The first-order valence-corrected chi connectivity index (χ1v) is 2.84. The van der Waals surface area contributed by atoms with Crippen LogP contribution in [0.5, 0.6) is 0 Å². The molecule has 0 aromatic heterocycles. The Hall–Kier alpha value is -0.870. The fourth-order valence-corrected chi connectivity index (χ4v) is 0.736. The van der Waals surface area contributed by atoms with Crippen molar-refractivity contribution in [3.63, 3.8) is 0 Å². The van der Waals surface area contributed by atoms with Crippen LogP contribution in [0.2, 0.25) is 0 Å². The summed E-state index contributed by atoms with van der Waals surface area (Å²) in [5.41, 5.74) is -1.47. The van der Waals surface area contributed by atoms with Gasteiger partial charge in [-0.1, -0.05) is 0 Å². The molecule has 1 N–H and O–H groups in total. The van der Waals surface area contributed by atoms with Gasteiger partial charge in [-0.25, -0.2) is 8.78 Å². The van der Waals surface area contributed by atoms with E-state index in [0.717, 1.165) is 0 Å². The fourth-order valence-electron chi connectivity index (χ4n) is 0.736. The van der Waals surface area contributed by atoms with E-state index in [-0.39, 0.29) is 12.8 Å². The largest absolute Gasteiger partial charge is 0.530 e. The first-order valence-electron chi connectivity index (χ1n) is 2.84. The van der Waals surface area contributed by atoms with Crippen molar-refractivity contribution in [1.29, 1.82) is 0 Å². The molecular formula is C5H6F2NO2-. The van der Waals surface area contributed by atoms with E-state index in [1.165, 1.54) is 0 Å². The molecule has 0 heterocycles. The molecule has 0 spiro atoms. The molecule has 1 aliphatic rings. The molecule has 0 atom stereocenters. The Bertz CT molecular complexity index is 156. The minimum absolute atomic E-state index is 0.207. The SMILES string of the molecule is O=C([O-])NC1(C(F)F)CC1. The van der Waals surface area contributed by atoms with Gasteiger partial charge in [-0.2, -0.15) is 0 Å². The highest BCUT2D eigenvalue weighted by molar-refractivity contribution is 5.64. The van der Waals surface area contributed by atoms with E-state index >= 15 is 0 Å². The maximum atomic E-state index is 11.9. The third-order valence-electron chi connectivity index (χ3n) is 1.56. The highest BCUT2D eigenvalue weighted by Gasteiger charge is 2.51. The maximum absolute atomic E-state index is 11.9. The molecule has 3 nitrogen and oxygen atoms in total. The highest BCUT2D eigenvalue weighted by Crippen LogP contribution is 2.40. The Balaban J connectivity index is 2.45. The summed E-state index contributed by atoms with van der Waals surface area (Å²) >= 11 is 0. The molecule has 5 heteroatoms. The molecule has 1 amide bonds. The average molecular weight is 150 g/mol. The van der Waals surface area contributed by atoms with Gasteiger partial charge in [-0.05, 0) is 12.8 Å². The Morgan fingerprint density at radius 1 is 1.60 bits per heavy atom. The molecule has 0 saturated heterocycles. The van der Waals surface area contributed by atoms with E-state index in [9.17, 15) is 18.7 Å². The normalized spacial score (nSPS) is 20.7. The van der Waals surface area contributed by atoms with Gasteiger partial charge in [0.15, 0.2) is 0 Å². The van der Waals surface area contributed by atoms with Crippen molar-refractivity contribution in [1.82, 2.24) is 5.32 Å². The third kappa shape index (κ3) is 1.17. The van der Waals surface area contributed by atoms with Gasteiger partial charge in [0.1, 0.15) is 6.09 Å². The summed E-state index contributed by atoms with van der Waals surface area (Å²) in [6, 6.07) is 0. The summed E-state index contributed by atoms with van der Waals surface area (Å²) in [4.78, 5) is 9.80. The van der Waals surface area contributed by atoms with E-state index in [1.807, 2.05) is 0 Å². The van der Waals surface area contributed by atoms with Gasteiger partial charge in [-0.3, -0.25) is 0 Å². The van der Waals surface area contributed by atoms with Crippen LogP contribution in [-0.4, -0.2) is 18.1 Å². The predicted octanol–water partition coefficient (Wildman–Crippen LogP) is -0.283. The molecule has 0 bridgehead atoms. The third-order valence-corrected chi connectivity index (χ3v) is 1.56. The lowest BCUT2D eigenvalue weighted by atomic mass is 10.3. The van der Waals surface area contributed by atoms with Crippen molar-refractivity contribution >= 4 is 6.09 Å². The summed E-state index contributed by atoms with van der Waals surface area (Å²) in [6.45, 7) is 0. The standard InChI is InChI=1S/C5H7F2NO2/c6-3(7)5(1-2-5)8-4(9)10/h3,8H,1-2H2,(H,9,10)/p-1. The van der Waals surface area contributed by atoms with Crippen LogP contribution < -0.4 is 10.4 Å². The Morgan fingerprint density at radius 2 is 2.10 bits per heavy atom. The second-order valence-electron chi connectivity index (χ2n) is 2.37. The number of hydrogen-bond donors (Lipinski definition) is 1. The summed E-state index contributed by atoms with van der Waals surface area (Å²) in [5.74, 6) is 0. The molecule has 0 unspecified atom stereocenters. The molecule has 1 fully saturated rings. The van der Waals surface area contributed by atoms with Crippen LogP contribution in [0, 0.1) is 0 Å². The van der Waals surface area contributed by atoms with Crippen molar-refractivity contribution in [2.45, 2.75) is 24.8 Å². The van der Waals surface area contributed by atoms with E-state index < -0.39 is 18.1 Å². The number of carbonyl (C=O) groups excluding carboxylic acids is 1. The van der Waals surface area contributed by atoms with Crippen LogP contribution >= 0.6 is 0 Å². The first kappa shape index (κ1) is 7.24. The number of hydrogen-bond acceptors (Lipinski definition) is 2. The van der Waals surface area contributed by atoms with Crippen LogP contribution in [0.3, 0.4) is 0 Å². The van der Waals surface area contributed by atoms with Gasteiger partial charge in [0.05, 0.1) is 5.54 Å². The first-order chi connectivity index (χ1) is 4.57. The van der Waals surface area contributed by atoms with E-state index in [1.54, 1.807) is 5.32 Å². The molecule has 1 saturated carbocycles. The summed E-state index contributed by atoms with van der Waals surface area (Å²) < 4.78 is 23.8. The van der Waals surface area contributed by atoms with Gasteiger partial charge < -0.3 is 15.2 Å². The molecule has 0 aliphatic heterocycles. The van der Waals surface area contributed by atoms with Crippen LogP contribution in [0.25, 0.3) is 0 Å². The van der Waals surface area contributed by atoms with E-state index in [4.69, 9.17) is 0 Å². The zero-order chi connectivity index (χ0) is 7.78. The number of halogens is 2. The van der Waals surface area contributed by atoms with Crippen molar-refractivity contribution in [2.24, 2.45) is 0 Å². The van der Waals surface area contributed by atoms with Gasteiger partial charge >= 0.3 is 0 Å². The van der Waals surface area contributed by atoms with Crippen LogP contribution in [0.1, 0.15) is 12.8 Å². The van der Waals surface area contributed by atoms with Gasteiger partial charge in [0.25, 0.3) is 6.43 Å². The summed E-state index contributed by atoms with van der Waals surface area (Å²) in [5, 5.41) is 11.5. The second kappa shape index (κ2) is 2.07. The maximum Gasteiger partial charge on any atom is 0.261 e. The molecule has 1 aliphatic carbocycles. The molecule has 0 radical (unpaired) electrons. The minimum Gasteiger partial charge on any atom is -0.530 e. The van der Waals surface area contributed by atoms with Crippen molar-refractivity contribution < 1.29 is 18.7 Å². The molecule has 10 heavy (non-hydrogen) atoms. The number of carbonyl (C=O) groups is 1. The monoisotopic (exact) mass is 150 g/mol. The van der Waals surface area contributed by atoms with Gasteiger partial charge in [0.2, 0.25) is 0 Å². The minimum atomic E-state index is -2.62. The molecule has 1 rings (SSSR count). The van der Waals surface area contributed by atoms with Crippen molar-refractivity contribution in [2.75, 3.05) is 0 Å². The summed E-state index contributed by atoms with van der Waals surface area (Å²) in [7, 11) is 0. The highest BCUT2D eigenvalue weighted by atomic mass is 19.3. The smallest absolute Gasteiger partial charge is 0.261 e. The lowest BCUT2D eigenvalue weighted by Crippen LogP contribution is -2.48. The van der Waals surface area contributed by atoms with Gasteiger partial charge in [-0.15, -0.1) is 0 Å². The Morgan fingerprint density at radius 3 is 2.20 bits per heavy atom. The van der Waals surface area contributed by atoms with Gasteiger partial charge in [0, 0.05) is 0 Å². The molecule has 0 aromatic carbocycles. The number of alkyl halides is 2. The van der Waals surface area contributed by atoms with Crippen molar-refractivity contribution in [3.05, 3.63) is 0 Å². The Labute approximate surface area is 56.0 Å². The zero-order valence-corrected chi connectivity index (χ0v) is 5.06. The Kier molecular flexibility index (Phi) is 1.50. The van der Waals surface area contributed by atoms with Crippen LogP contribution in [-0.2, 0) is 0 Å². The molecule has 58 valence electrons. The lowest BCUT2D eigenvalue weighted by molar-refractivity contribution is -0.253. The number of amides is 1. The van der Waals surface area contributed by atoms with E-state index in [0.29, 0.717) is 0 Å².